The number of hydrogen-bond acceptors (Lipinski definition) is 4. The maximum absolute atomic E-state index is 12.4. The Bertz CT molecular complexity index is 1200. The second-order valence-electron chi connectivity index (χ2n) is 6.34. The van der Waals surface area contributed by atoms with E-state index in [-0.39, 0.29) is 17.4 Å². The predicted molar refractivity (Wildman–Crippen MR) is 110 cm³/mol. The van der Waals surface area contributed by atoms with Gasteiger partial charge >= 0.3 is 0 Å². The Morgan fingerprint density at radius 2 is 2.00 bits per heavy atom. The van der Waals surface area contributed by atoms with Gasteiger partial charge in [-0.1, -0.05) is 36.9 Å². The van der Waals surface area contributed by atoms with Crippen molar-refractivity contribution in [3.8, 4) is 16.9 Å². The van der Waals surface area contributed by atoms with Crippen LogP contribution in [0.2, 0.25) is 0 Å². The average molecular weight is 362 g/mol. The molecule has 0 saturated heterocycles. The Hall–Kier alpha value is -2.89. The number of nitrogens with one attached hydrogen (secondary N) is 1. The van der Waals surface area contributed by atoms with Crippen LogP contribution in [0.3, 0.4) is 0 Å². The molecule has 0 saturated carbocycles. The van der Waals surface area contributed by atoms with Crippen molar-refractivity contribution in [1.82, 2.24) is 4.98 Å². The molecule has 0 spiro atoms. The van der Waals surface area contributed by atoms with Gasteiger partial charge < -0.3 is 15.8 Å². The van der Waals surface area contributed by atoms with E-state index in [0.717, 1.165) is 21.9 Å². The first-order valence-electron chi connectivity index (χ1n) is 8.28. The second-order valence-corrected chi connectivity index (χ2v) is 7.26. The minimum Gasteiger partial charge on any atom is -0.507 e. The van der Waals surface area contributed by atoms with Crippen LogP contribution in [-0.4, -0.2) is 10.1 Å². The summed E-state index contributed by atoms with van der Waals surface area (Å²) in [6.45, 7) is 5.74. The fourth-order valence-corrected chi connectivity index (χ4v) is 4.15. The van der Waals surface area contributed by atoms with Crippen LogP contribution >= 0.6 is 11.3 Å². The normalized spacial score (nSPS) is 12.5. The van der Waals surface area contributed by atoms with Crippen molar-refractivity contribution >= 4 is 38.4 Å². The number of fused-ring (bicyclic) bond motifs is 3. The molecule has 0 amide bonds. The van der Waals surface area contributed by atoms with Crippen LogP contribution in [0, 0.1) is 0 Å². The standard InChI is InChI=1S/C21H18N2O2S/c1-3-12-10-16(24)17(14-6-4-13(5-7-14)11(2)22)18-15-8-9-26-20(15)21(25)23-19(12)18/h3-11,24H,1,22H2,2H3,(H,23,25)/t11-/m1/s1. The van der Waals surface area contributed by atoms with Gasteiger partial charge in [-0.2, -0.15) is 0 Å². The van der Waals surface area contributed by atoms with Gasteiger partial charge in [0.1, 0.15) is 10.4 Å². The number of nitrogens with two attached hydrogens (primary N) is 1. The first-order valence-corrected chi connectivity index (χ1v) is 9.16. The van der Waals surface area contributed by atoms with Gasteiger partial charge in [-0.25, -0.2) is 0 Å². The minimum absolute atomic E-state index is 0.0579. The molecule has 0 bridgehead atoms. The topological polar surface area (TPSA) is 79.1 Å². The number of pyridine rings is 1. The third-order valence-corrected chi connectivity index (χ3v) is 5.57. The molecule has 0 unspecified atom stereocenters. The van der Waals surface area contributed by atoms with Gasteiger partial charge in [-0.05, 0) is 35.6 Å². The fraction of sp³-hybridized carbons (Fsp3) is 0.0952. The summed E-state index contributed by atoms with van der Waals surface area (Å²) in [6, 6.07) is 11.3. The van der Waals surface area contributed by atoms with Gasteiger partial charge in [0, 0.05) is 27.9 Å². The van der Waals surface area contributed by atoms with Crippen molar-refractivity contribution in [1.29, 1.82) is 0 Å². The number of hydrogen-bond donors (Lipinski definition) is 3. The lowest BCUT2D eigenvalue weighted by Gasteiger charge is -2.14. The van der Waals surface area contributed by atoms with Crippen molar-refractivity contribution in [2.45, 2.75) is 13.0 Å². The van der Waals surface area contributed by atoms with Crippen molar-refractivity contribution in [2.75, 3.05) is 0 Å². The lowest BCUT2D eigenvalue weighted by atomic mass is 9.93. The molecule has 130 valence electrons. The Morgan fingerprint density at radius 3 is 2.65 bits per heavy atom. The number of benzene rings is 2. The summed E-state index contributed by atoms with van der Waals surface area (Å²) in [5, 5.41) is 14.3. The number of aromatic nitrogens is 1. The van der Waals surface area contributed by atoms with Crippen LogP contribution in [0.5, 0.6) is 5.75 Å². The highest BCUT2D eigenvalue weighted by molar-refractivity contribution is 7.17. The van der Waals surface area contributed by atoms with Gasteiger partial charge in [0.25, 0.3) is 5.56 Å². The van der Waals surface area contributed by atoms with E-state index in [1.54, 1.807) is 12.1 Å². The minimum atomic E-state index is -0.130. The van der Waals surface area contributed by atoms with Crippen LogP contribution < -0.4 is 11.3 Å². The zero-order valence-electron chi connectivity index (χ0n) is 14.2. The van der Waals surface area contributed by atoms with Gasteiger partial charge in [-0.15, -0.1) is 11.3 Å². The van der Waals surface area contributed by atoms with E-state index >= 15 is 0 Å². The largest absolute Gasteiger partial charge is 0.507 e. The number of phenolic OH excluding ortho intramolecular Hbond substituents is 1. The molecule has 4 nitrogen and oxygen atoms in total. The van der Waals surface area contributed by atoms with Crippen molar-refractivity contribution in [3.63, 3.8) is 0 Å². The third-order valence-electron chi connectivity index (χ3n) is 4.66. The molecule has 0 fully saturated rings. The smallest absolute Gasteiger partial charge is 0.266 e. The highest BCUT2D eigenvalue weighted by atomic mass is 32.1. The van der Waals surface area contributed by atoms with Crippen LogP contribution in [0.15, 0.2) is 53.2 Å². The van der Waals surface area contributed by atoms with E-state index in [4.69, 9.17) is 5.73 Å². The number of aromatic hydroxyl groups is 1. The molecule has 2 heterocycles. The van der Waals surface area contributed by atoms with Crippen molar-refractivity contribution in [3.05, 3.63) is 69.8 Å². The summed E-state index contributed by atoms with van der Waals surface area (Å²) in [4.78, 5) is 15.4. The molecule has 2 aromatic heterocycles. The zero-order chi connectivity index (χ0) is 18.4. The number of H-pyrrole nitrogens is 1. The van der Waals surface area contributed by atoms with E-state index in [0.29, 0.717) is 21.3 Å². The number of thiophene rings is 1. The summed E-state index contributed by atoms with van der Waals surface area (Å²) in [7, 11) is 0. The van der Waals surface area contributed by atoms with Gasteiger partial charge in [-0.3, -0.25) is 4.79 Å². The average Bonchev–Trinajstić information content (AvgIpc) is 3.12. The first-order chi connectivity index (χ1) is 12.5. The number of aromatic amines is 1. The molecule has 0 aliphatic rings. The Balaban J connectivity index is 2.15. The second kappa shape index (κ2) is 6.12. The molecule has 0 aliphatic carbocycles. The van der Waals surface area contributed by atoms with Crippen LogP contribution in [-0.2, 0) is 0 Å². The molecular weight excluding hydrogens is 344 g/mol. The van der Waals surface area contributed by atoms with E-state index in [1.807, 2.05) is 42.6 Å². The van der Waals surface area contributed by atoms with Gasteiger partial charge in [0.2, 0.25) is 0 Å². The van der Waals surface area contributed by atoms with E-state index in [9.17, 15) is 9.90 Å². The predicted octanol–water partition coefficient (Wildman–Crippen LogP) is 4.78. The highest BCUT2D eigenvalue weighted by Gasteiger charge is 2.18. The first kappa shape index (κ1) is 16.6. The maximum Gasteiger partial charge on any atom is 0.266 e. The summed E-state index contributed by atoms with van der Waals surface area (Å²) in [6.07, 6.45) is 1.64. The highest BCUT2D eigenvalue weighted by Crippen LogP contribution is 2.41. The Morgan fingerprint density at radius 1 is 1.27 bits per heavy atom. The van der Waals surface area contributed by atoms with Crippen LogP contribution in [0.1, 0.15) is 24.1 Å². The van der Waals surface area contributed by atoms with Crippen LogP contribution in [0.25, 0.3) is 38.2 Å². The summed E-state index contributed by atoms with van der Waals surface area (Å²) < 4.78 is 0.645. The fourth-order valence-electron chi connectivity index (χ4n) is 3.35. The molecule has 4 aromatic rings. The molecule has 26 heavy (non-hydrogen) atoms. The Labute approximate surface area is 154 Å². The molecule has 0 radical (unpaired) electrons. The van der Waals surface area contributed by atoms with E-state index < -0.39 is 0 Å². The van der Waals surface area contributed by atoms with Crippen molar-refractivity contribution in [2.24, 2.45) is 5.73 Å². The van der Waals surface area contributed by atoms with Gasteiger partial charge in [0.15, 0.2) is 0 Å². The molecule has 4 rings (SSSR count). The Kier molecular flexibility index (Phi) is 3.90. The molecular formula is C21H18N2O2S. The van der Waals surface area contributed by atoms with E-state index in [1.165, 1.54) is 11.3 Å². The van der Waals surface area contributed by atoms with Crippen LogP contribution in [0.4, 0.5) is 0 Å². The third kappa shape index (κ3) is 2.44. The summed E-state index contributed by atoms with van der Waals surface area (Å²) in [5.74, 6) is 0.153. The van der Waals surface area contributed by atoms with Crippen molar-refractivity contribution < 1.29 is 5.11 Å². The molecule has 1 atom stereocenters. The number of rotatable bonds is 3. The maximum atomic E-state index is 12.4. The monoisotopic (exact) mass is 362 g/mol. The SMILES string of the molecule is C=Cc1cc(O)c(-c2ccc([C@@H](C)N)cc2)c2c1[nH]c(=O)c1sccc12. The molecule has 4 N–H and O–H groups in total. The number of phenols is 1. The van der Waals surface area contributed by atoms with E-state index in [2.05, 4.69) is 11.6 Å². The summed E-state index contributed by atoms with van der Waals surface area (Å²) in [5.41, 5.74) is 9.77. The molecule has 5 heteroatoms. The molecule has 2 aromatic carbocycles. The summed E-state index contributed by atoms with van der Waals surface area (Å²) >= 11 is 1.39. The molecule has 0 aliphatic heterocycles. The lowest BCUT2D eigenvalue weighted by molar-refractivity contribution is 0.478. The quantitative estimate of drug-likeness (QED) is 0.491. The lowest BCUT2D eigenvalue weighted by Crippen LogP contribution is -2.06. The zero-order valence-corrected chi connectivity index (χ0v) is 15.1. The van der Waals surface area contributed by atoms with Gasteiger partial charge in [0.05, 0.1) is 5.52 Å².